The summed E-state index contributed by atoms with van der Waals surface area (Å²) in [5.41, 5.74) is 0.182. The third-order valence-electron chi connectivity index (χ3n) is 2.84. The molecule has 0 aromatic carbocycles. The molecule has 1 fully saturated rings. The zero-order valence-electron chi connectivity index (χ0n) is 12.5. The molecular weight excluding hydrogens is 228 g/mol. The van der Waals surface area contributed by atoms with Crippen LogP contribution in [0.25, 0.3) is 0 Å². The lowest BCUT2D eigenvalue weighted by atomic mass is 10.0. The molecular formula is C15H26O3. The number of carbonyl (C=O) groups excluding carboxylic acids is 1. The third kappa shape index (κ3) is 4.54. The first-order valence-electron chi connectivity index (χ1n) is 6.53. The molecule has 1 saturated carbocycles. The summed E-state index contributed by atoms with van der Waals surface area (Å²) >= 11 is 0. The fourth-order valence-corrected chi connectivity index (χ4v) is 2.01. The van der Waals surface area contributed by atoms with Gasteiger partial charge in [-0.25, -0.2) is 0 Å². The van der Waals surface area contributed by atoms with Crippen LogP contribution in [-0.2, 0) is 14.3 Å². The van der Waals surface area contributed by atoms with Crippen LogP contribution in [0.3, 0.4) is 0 Å². The van der Waals surface area contributed by atoms with Crippen LogP contribution in [0.1, 0.15) is 48.0 Å². The summed E-state index contributed by atoms with van der Waals surface area (Å²) in [6, 6.07) is 0. The van der Waals surface area contributed by atoms with Crippen LogP contribution < -0.4 is 0 Å². The van der Waals surface area contributed by atoms with Crippen molar-refractivity contribution in [1.82, 2.24) is 0 Å². The van der Waals surface area contributed by atoms with Crippen molar-refractivity contribution in [3.8, 4) is 0 Å². The molecule has 1 unspecified atom stereocenters. The molecule has 3 nitrogen and oxygen atoms in total. The second kappa shape index (κ2) is 5.14. The zero-order valence-corrected chi connectivity index (χ0v) is 12.5. The molecule has 0 heterocycles. The smallest absolute Gasteiger partial charge is 0.161 e. The van der Waals surface area contributed by atoms with Gasteiger partial charge in [-0.1, -0.05) is 6.58 Å². The number of ketones is 1. The molecule has 0 bridgehead atoms. The van der Waals surface area contributed by atoms with Gasteiger partial charge in [0.05, 0.1) is 23.9 Å². The Hall–Kier alpha value is -0.670. The normalized spacial score (nSPS) is 25.9. The predicted molar refractivity (Wildman–Crippen MR) is 72.6 cm³/mol. The lowest BCUT2D eigenvalue weighted by Gasteiger charge is -2.30. The van der Waals surface area contributed by atoms with Crippen molar-refractivity contribution in [3.63, 3.8) is 0 Å². The molecule has 0 amide bonds. The SMILES string of the molecule is C=C1C(=O)CC(OC(C)(C)C)[C@H]1COC(C)(C)C. The van der Waals surface area contributed by atoms with E-state index in [9.17, 15) is 4.79 Å². The van der Waals surface area contributed by atoms with Gasteiger partial charge in [-0.2, -0.15) is 0 Å². The van der Waals surface area contributed by atoms with Gasteiger partial charge in [0, 0.05) is 12.3 Å². The van der Waals surface area contributed by atoms with Crippen molar-refractivity contribution in [2.24, 2.45) is 5.92 Å². The fraction of sp³-hybridized carbons (Fsp3) is 0.800. The molecule has 1 aliphatic rings. The Bertz CT molecular complexity index is 331. The van der Waals surface area contributed by atoms with E-state index in [2.05, 4.69) is 6.58 Å². The van der Waals surface area contributed by atoms with Gasteiger partial charge in [0.15, 0.2) is 5.78 Å². The van der Waals surface area contributed by atoms with Gasteiger partial charge in [-0.15, -0.1) is 0 Å². The van der Waals surface area contributed by atoms with E-state index in [0.717, 1.165) is 0 Å². The fourth-order valence-electron chi connectivity index (χ4n) is 2.01. The van der Waals surface area contributed by atoms with Crippen LogP contribution in [0.5, 0.6) is 0 Å². The third-order valence-corrected chi connectivity index (χ3v) is 2.84. The largest absolute Gasteiger partial charge is 0.375 e. The molecule has 2 atom stereocenters. The Kier molecular flexibility index (Phi) is 4.39. The van der Waals surface area contributed by atoms with E-state index in [4.69, 9.17) is 9.47 Å². The van der Waals surface area contributed by atoms with E-state index in [0.29, 0.717) is 18.6 Å². The Morgan fingerprint density at radius 2 is 1.72 bits per heavy atom. The topological polar surface area (TPSA) is 35.5 Å². The number of hydrogen-bond acceptors (Lipinski definition) is 3. The molecule has 0 aliphatic heterocycles. The summed E-state index contributed by atoms with van der Waals surface area (Å²) in [5, 5.41) is 0. The van der Waals surface area contributed by atoms with Crippen molar-refractivity contribution in [3.05, 3.63) is 12.2 Å². The number of Topliss-reactive ketones (excluding diaryl/α,β-unsaturated/α-hetero) is 1. The second-order valence-corrected chi connectivity index (χ2v) is 6.95. The average Bonchev–Trinajstić information content (AvgIpc) is 2.36. The molecule has 1 aliphatic carbocycles. The molecule has 0 aromatic heterocycles. The van der Waals surface area contributed by atoms with Crippen molar-refractivity contribution in [2.75, 3.05) is 6.61 Å². The van der Waals surface area contributed by atoms with E-state index in [1.54, 1.807) is 0 Å². The van der Waals surface area contributed by atoms with Gasteiger partial charge >= 0.3 is 0 Å². The molecule has 0 N–H and O–H groups in total. The summed E-state index contributed by atoms with van der Waals surface area (Å²) in [7, 11) is 0. The summed E-state index contributed by atoms with van der Waals surface area (Å²) in [6.45, 7) is 16.4. The lowest BCUT2D eigenvalue weighted by molar-refractivity contribution is -0.118. The quantitative estimate of drug-likeness (QED) is 0.726. The molecule has 0 aromatic rings. The minimum Gasteiger partial charge on any atom is -0.375 e. The summed E-state index contributed by atoms with van der Waals surface area (Å²) in [5.74, 6) is 0.0858. The number of hydrogen-bond donors (Lipinski definition) is 0. The monoisotopic (exact) mass is 254 g/mol. The van der Waals surface area contributed by atoms with Crippen LogP contribution >= 0.6 is 0 Å². The molecule has 0 spiro atoms. The Morgan fingerprint density at radius 1 is 1.17 bits per heavy atom. The van der Waals surface area contributed by atoms with Gasteiger partial charge in [0.25, 0.3) is 0 Å². The van der Waals surface area contributed by atoms with E-state index < -0.39 is 0 Å². The van der Waals surface area contributed by atoms with Crippen LogP contribution in [0.2, 0.25) is 0 Å². The standard InChI is InChI=1S/C15H26O3/c1-10-11(9-17-14(2,3)4)13(8-12(10)16)18-15(5,6)7/h11,13H,1,8-9H2,2-7H3/t11-,13?/m0/s1. The highest BCUT2D eigenvalue weighted by molar-refractivity contribution is 5.98. The number of ether oxygens (including phenoxy) is 2. The van der Waals surface area contributed by atoms with Gasteiger partial charge < -0.3 is 9.47 Å². The molecule has 104 valence electrons. The van der Waals surface area contributed by atoms with E-state index in [1.807, 2.05) is 41.5 Å². The highest BCUT2D eigenvalue weighted by Gasteiger charge is 2.40. The Morgan fingerprint density at radius 3 is 2.17 bits per heavy atom. The number of carbonyl (C=O) groups is 1. The second-order valence-electron chi connectivity index (χ2n) is 6.95. The highest BCUT2D eigenvalue weighted by atomic mass is 16.5. The van der Waals surface area contributed by atoms with Gasteiger partial charge in [-0.05, 0) is 47.1 Å². The van der Waals surface area contributed by atoms with Gasteiger partial charge in [-0.3, -0.25) is 4.79 Å². The first-order chi connectivity index (χ1) is 7.99. The summed E-state index contributed by atoms with van der Waals surface area (Å²) < 4.78 is 11.7. The predicted octanol–water partition coefficient (Wildman–Crippen LogP) is 3.13. The highest BCUT2D eigenvalue weighted by Crippen LogP contribution is 2.33. The van der Waals surface area contributed by atoms with Gasteiger partial charge in [0.1, 0.15) is 0 Å². The maximum atomic E-state index is 11.8. The number of rotatable bonds is 3. The van der Waals surface area contributed by atoms with E-state index in [1.165, 1.54) is 0 Å². The van der Waals surface area contributed by atoms with E-state index >= 15 is 0 Å². The van der Waals surface area contributed by atoms with E-state index in [-0.39, 0.29) is 29.0 Å². The molecule has 18 heavy (non-hydrogen) atoms. The molecule has 0 radical (unpaired) electrons. The minimum atomic E-state index is -0.254. The van der Waals surface area contributed by atoms with Crippen molar-refractivity contribution in [1.29, 1.82) is 0 Å². The Labute approximate surface area is 111 Å². The van der Waals surface area contributed by atoms with Crippen LogP contribution in [0.15, 0.2) is 12.2 Å². The van der Waals surface area contributed by atoms with Crippen LogP contribution in [-0.4, -0.2) is 29.7 Å². The average molecular weight is 254 g/mol. The molecule has 0 saturated heterocycles. The first kappa shape index (κ1) is 15.4. The summed E-state index contributed by atoms with van der Waals surface area (Å²) in [4.78, 5) is 11.8. The van der Waals surface area contributed by atoms with Gasteiger partial charge in [0.2, 0.25) is 0 Å². The van der Waals surface area contributed by atoms with Crippen molar-refractivity contribution >= 4 is 5.78 Å². The van der Waals surface area contributed by atoms with Crippen molar-refractivity contribution in [2.45, 2.75) is 65.3 Å². The first-order valence-corrected chi connectivity index (χ1v) is 6.53. The lowest BCUT2D eigenvalue weighted by Crippen LogP contribution is -2.34. The Balaban J connectivity index is 2.71. The van der Waals surface area contributed by atoms with Crippen LogP contribution in [0, 0.1) is 5.92 Å². The maximum Gasteiger partial charge on any atom is 0.161 e. The van der Waals surface area contributed by atoms with Crippen molar-refractivity contribution < 1.29 is 14.3 Å². The van der Waals surface area contributed by atoms with Crippen LogP contribution in [0.4, 0.5) is 0 Å². The molecule has 3 heteroatoms. The molecule has 1 rings (SSSR count). The summed E-state index contributed by atoms with van der Waals surface area (Å²) in [6.07, 6.45) is 0.321. The minimum absolute atomic E-state index is 0.0176. The zero-order chi connectivity index (χ0) is 14.1. The maximum absolute atomic E-state index is 11.8.